The molecule has 1 aliphatic rings. The first-order valence-electron chi connectivity index (χ1n) is 6.15. The van der Waals surface area contributed by atoms with Crippen LogP contribution < -0.4 is 10.6 Å². The van der Waals surface area contributed by atoms with E-state index < -0.39 is 0 Å². The number of hydrogen-bond donors (Lipinski definition) is 1. The van der Waals surface area contributed by atoms with Gasteiger partial charge in [0.15, 0.2) is 0 Å². The maximum Gasteiger partial charge on any atom is 0.129 e. The molecule has 0 aromatic carbocycles. The van der Waals surface area contributed by atoms with Crippen LogP contribution in [-0.4, -0.2) is 24.1 Å². The molecule has 16 heavy (non-hydrogen) atoms. The largest absolute Gasteiger partial charge is 0.352 e. The van der Waals surface area contributed by atoms with Crippen molar-refractivity contribution in [2.24, 2.45) is 5.73 Å². The van der Waals surface area contributed by atoms with Crippen LogP contribution in [0.4, 0.5) is 5.82 Å². The van der Waals surface area contributed by atoms with Crippen LogP contribution in [0.3, 0.4) is 0 Å². The molecule has 0 bridgehead atoms. The molecule has 1 aliphatic heterocycles. The normalized spacial score (nSPS) is 20.8. The molecular weight excluding hydrogens is 198 g/mol. The Morgan fingerprint density at radius 1 is 1.56 bits per heavy atom. The molecule has 2 N–H and O–H groups in total. The lowest BCUT2D eigenvalue weighted by Gasteiger charge is -2.25. The maximum absolute atomic E-state index is 5.79. The van der Waals surface area contributed by atoms with E-state index in [4.69, 9.17) is 5.73 Å². The molecule has 0 radical (unpaired) electrons. The third-order valence-electron chi connectivity index (χ3n) is 3.38. The summed E-state index contributed by atoms with van der Waals surface area (Å²) in [5, 5.41) is 0. The molecule has 2 heterocycles. The summed E-state index contributed by atoms with van der Waals surface area (Å²) in [7, 11) is 0. The van der Waals surface area contributed by atoms with Gasteiger partial charge in [0.25, 0.3) is 0 Å². The topological polar surface area (TPSA) is 42.2 Å². The summed E-state index contributed by atoms with van der Waals surface area (Å²) in [6.07, 6.45) is 4.34. The van der Waals surface area contributed by atoms with Gasteiger partial charge in [-0.3, -0.25) is 0 Å². The van der Waals surface area contributed by atoms with Gasteiger partial charge in [-0.25, -0.2) is 4.98 Å². The van der Waals surface area contributed by atoms with Crippen LogP contribution in [0.5, 0.6) is 0 Å². The molecular formula is C13H21N3. The van der Waals surface area contributed by atoms with E-state index in [0.717, 1.165) is 18.9 Å². The third-order valence-corrected chi connectivity index (χ3v) is 3.38. The van der Waals surface area contributed by atoms with E-state index >= 15 is 0 Å². The van der Waals surface area contributed by atoms with Gasteiger partial charge in [0.05, 0.1) is 0 Å². The lowest BCUT2D eigenvalue weighted by atomic mass is 10.0. The van der Waals surface area contributed by atoms with Gasteiger partial charge in [-0.05, 0) is 36.5 Å². The van der Waals surface area contributed by atoms with Crippen LogP contribution in [0.1, 0.15) is 38.2 Å². The molecule has 1 atom stereocenters. The van der Waals surface area contributed by atoms with Crippen molar-refractivity contribution in [2.75, 3.05) is 18.0 Å². The zero-order chi connectivity index (χ0) is 11.5. The highest BCUT2D eigenvalue weighted by Gasteiger charge is 2.24. The number of rotatable bonds is 3. The predicted octanol–water partition coefficient (Wildman–Crippen LogP) is 2.13. The Balaban J connectivity index is 2.22. The third kappa shape index (κ3) is 2.19. The van der Waals surface area contributed by atoms with E-state index in [-0.39, 0.29) is 0 Å². The number of aromatic nitrogens is 1. The Morgan fingerprint density at radius 2 is 2.38 bits per heavy atom. The van der Waals surface area contributed by atoms with Crippen LogP contribution in [-0.2, 0) is 0 Å². The van der Waals surface area contributed by atoms with Gasteiger partial charge in [0, 0.05) is 25.3 Å². The van der Waals surface area contributed by atoms with Gasteiger partial charge in [-0.15, -0.1) is 0 Å². The Bertz CT molecular complexity index is 349. The summed E-state index contributed by atoms with van der Waals surface area (Å²) in [5.41, 5.74) is 7.14. The molecule has 0 aliphatic carbocycles. The maximum atomic E-state index is 5.79. The quantitative estimate of drug-likeness (QED) is 0.847. The summed E-state index contributed by atoms with van der Waals surface area (Å²) in [4.78, 5) is 6.83. The number of anilines is 1. The second-order valence-corrected chi connectivity index (χ2v) is 4.83. The fourth-order valence-electron chi connectivity index (χ4n) is 2.33. The summed E-state index contributed by atoms with van der Waals surface area (Å²) in [6, 6.07) is 4.79. The average molecular weight is 219 g/mol. The van der Waals surface area contributed by atoms with Crippen LogP contribution >= 0.6 is 0 Å². The van der Waals surface area contributed by atoms with E-state index in [1.54, 1.807) is 0 Å². The van der Waals surface area contributed by atoms with E-state index in [2.05, 4.69) is 35.9 Å². The minimum atomic E-state index is 0.481. The lowest BCUT2D eigenvalue weighted by molar-refractivity contribution is 0.670. The molecule has 1 fully saturated rings. The van der Waals surface area contributed by atoms with Crippen LogP contribution in [0.25, 0.3) is 0 Å². The zero-order valence-electron chi connectivity index (χ0n) is 10.2. The number of hydrogen-bond acceptors (Lipinski definition) is 3. The van der Waals surface area contributed by atoms with Gasteiger partial charge in [0.1, 0.15) is 5.82 Å². The first kappa shape index (κ1) is 11.4. The molecule has 0 spiro atoms. The second-order valence-electron chi connectivity index (χ2n) is 4.83. The lowest BCUT2D eigenvalue weighted by Crippen LogP contribution is -2.35. The van der Waals surface area contributed by atoms with Crippen molar-refractivity contribution in [3.05, 3.63) is 23.9 Å². The minimum Gasteiger partial charge on any atom is -0.352 e. The van der Waals surface area contributed by atoms with Crippen molar-refractivity contribution < 1.29 is 0 Å². The first-order valence-corrected chi connectivity index (χ1v) is 6.15. The molecule has 88 valence electrons. The number of pyridine rings is 1. The molecule has 3 heteroatoms. The smallest absolute Gasteiger partial charge is 0.129 e. The molecule has 0 amide bonds. The predicted molar refractivity (Wildman–Crippen MR) is 67.7 cm³/mol. The molecule has 1 aromatic heterocycles. The Morgan fingerprint density at radius 3 is 3.06 bits per heavy atom. The number of nitrogens with two attached hydrogens (primary N) is 1. The molecule has 1 unspecified atom stereocenters. The van der Waals surface area contributed by atoms with Crippen molar-refractivity contribution in [3.63, 3.8) is 0 Å². The van der Waals surface area contributed by atoms with Crippen LogP contribution in [0.2, 0.25) is 0 Å². The van der Waals surface area contributed by atoms with Gasteiger partial charge in [0.2, 0.25) is 0 Å². The van der Waals surface area contributed by atoms with E-state index in [9.17, 15) is 0 Å². The second kappa shape index (κ2) is 4.83. The Hall–Kier alpha value is -1.09. The van der Waals surface area contributed by atoms with E-state index in [1.807, 2.05) is 6.20 Å². The van der Waals surface area contributed by atoms with Crippen LogP contribution in [0.15, 0.2) is 18.3 Å². The summed E-state index contributed by atoms with van der Waals surface area (Å²) < 4.78 is 0. The van der Waals surface area contributed by atoms with E-state index in [1.165, 1.54) is 18.4 Å². The summed E-state index contributed by atoms with van der Waals surface area (Å²) in [6.45, 7) is 6.25. The van der Waals surface area contributed by atoms with E-state index in [0.29, 0.717) is 12.0 Å². The SMILES string of the molecule is CC(C)c1ccnc(N2CCCC2CN)c1. The average Bonchev–Trinajstić information content (AvgIpc) is 2.77. The highest BCUT2D eigenvalue weighted by atomic mass is 15.2. The van der Waals surface area contributed by atoms with Crippen molar-refractivity contribution in [2.45, 2.75) is 38.6 Å². The standard InChI is InChI=1S/C13H21N3/c1-10(2)11-5-6-15-13(8-11)16-7-3-4-12(16)9-14/h5-6,8,10,12H,3-4,7,9,14H2,1-2H3. The number of nitrogens with zero attached hydrogens (tertiary/aromatic N) is 2. The Labute approximate surface area is 97.7 Å². The molecule has 1 aromatic rings. The van der Waals surface area contributed by atoms with Gasteiger partial charge >= 0.3 is 0 Å². The van der Waals surface area contributed by atoms with Gasteiger partial charge < -0.3 is 10.6 Å². The van der Waals surface area contributed by atoms with Gasteiger partial charge in [-0.1, -0.05) is 13.8 Å². The van der Waals surface area contributed by atoms with Crippen molar-refractivity contribution >= 4 is 5.82 Å². The highest BCUT2D eigenvalue weighted by molar-refractivity contribution is 5.44. The van der Waals surface area contributed by atoms with Crippen molar-refractivity contribution in [1.29, 1.82) is 0 Å². The molecule has 3 nitrogen and oxygen atoms in total. The van der Waals surface area contributed by atoms with Crippen molar-refractivity contribution in [3.8, 4) is 0 Å². The molecule has 0 saturated carbocycles. The monoisotopic (exact) mass is 219 g/mol. The molecule has 1 saturated heterocycles. The first-order chi connectivity index (χ1) is 7.72. The summed E-state index contributed by atoms with van der Waals surface area (Å²) >= 11 is 0. The Kier molecular flexibility index (Phi) is 3.44. The van der Waals surface area contributed by atoms with Gasteiger partial charge in [-0.2, -0.15) is 0 Å². The molecule has 2 rings (SSSR count). The summed E-state index contributed by atoms with van der Waals surface area (Å²) in [5.74, 6) is 1.65. The fraction of sp³-hybridized carbons (Fsp3) is 0.615. The van der Waals surface area contributed by atoms with Crippen LogP contribution in [0, 0.1) is 0 Å². The fourth-order valence-corrected chi connectivity index (χ4v) is 2.33. The van der Waals surface area contributed by atoms with Crippen molar-refractivity contribution in [1.82, 2.24) is 4.98 Å². The minimum absolute atomic E-state index is 0.481. The highest BCUT2D eigenvalue weighted by Crippen LogP contribution is 2.25. The zero-order valence-corrected chi connectivity index (χ0v) is 10.2.